The summed E-state index contributed by atoms with van der Waals surface area (Å²) >= 11 is 6.18. The Kier molecular flexibility index (Phi) is 6.95. The molecule has 0 saturated carbocycles. The van der Waals surface area contributed by atoms with Crippen molar-refractivity contribution in [3.05, 3.63) is 87.9 Å². The summed E-state index contributed by atoms with van der Waals surface area (Å²) in [4.78, 5) is 36.7. The summed E-state index contributed by atoms with van der Waals surface area (Å²) in [6.07, 6.45) is 0. The normalized spacial score (nSPS) is 15.7. The van der Waals surface area contributed by atoms with Crippen LogP contribution < -0.4 is 30.3 Å². The van der Waals surface area contributed by atoms with Crippen LogP contribution in [0, 0.1) is 0 Å². The number of nitrogens with zero attached hydrogens (tertiary/aromatic N) is 5. The Balaban J connectivity index is 1.48. The summed E-state index contributed by atoms with van der Waals surface area (Å²) in [5.74, 6) is 1.59. The number of amides is 2. The Labute approximate surface area is 236 Å². The van der Waals surface area contributed by atoms with Gasteiger partial charge in [-0.15, -0.1) is 0 Å². The van der Waals surface area contributed by atoms with E-state index in [1.165, 1.54) is 0 Å². The summed E-state index contributed by atoms with van der Waals surface area (Å²) in [5.41, 5.74) is 1.50. The van der Waals surface area contributed by atoms with E-state index in [0.717, 1.165) is 13.1 Å². The molecule has 3 aromatic carbocycles. The van der Waals surface area contributed by atoms with Crippen LogP contribution in [0.4, 0.5) is 16.2 Å². The number of benzene rings is 3. The number of para-hydroxylation sites is 1. The second-order valence-corrected chi connectivity index (χ2v) is 10.3. The van der Waals surface area contributed by atoms with E-state index in [4.69, 9.17) is 26.1 Å². The van der Waals surface area contributed by atoms with E-state index < -0.39 is 12.1 Å². The lowest BCUT2D eigenvalue weighted by Gasteiger charge is -2.38. The van der Waals surface area contributed by atoms with Gasteiger partial charge in [-0.2, -0.15) is 0 Å². The van der Waals surface area contributed by atoms with Gasteiger partial charge >= 0.3 is 6.03 Å². The third-order valence-electron chi connectivity index (χ3n) is 7.23. The second-order valence-electron chi connectivity index (χ2n) is 9.89. The summed E-state index contributed by atoms with van der Waals surface area (Å²) in [6.45, 7) is 4.87. The SMILES string of the molecule is CC(c1nc2ccccc2c(=O)n1N1CCN(C)CC1)N(C(=O)Nc1cccc(Cl)c1)c1ccc2c(c1)OCO2. The number of carbonyl (C=O) groups excluding carboxylic acids is 1. The second kappa shape index (κ2) is 10.7. The number of anilines is 2. The molecule has 0 spiro atoms. The van der Waals surface area contributed by atoms with Gasteiger partial charge in [-0.25, -0.2) is 14.5 Å². The Morgan fingerprint density at radius 1 is 1.00 bits per heavy atom. The molecule has 2 aliphatic heterocycles. The molecule has 1 unspecified atom stereocenters. The number of urea groups is 1. The number of rotatable bonds is 5. The minimum atomic E-state index is -0.656. The zero-order chi connectivity index (χ0) is 27.8. The number of halogens is 1. The maximum Gasteiger partial charge on any atom is 0.326 e. The molecule has 2 aliphatic rings. The van der Waals surface area contributed by atoms with Gasteiger partial charge in [0.05, 0.1) is 22.6 Å². The molecule has 2 amide bonds. The first-order chi connectivity index (χ1) is 19.4. The molecule has 0 radical (unpaired) electrons. The van der Waals surface area contributed by atoms with E-state index in [2.05, 4.69) is 17.3 Å². The van der Waals surface area contributed by atoms with Crippen molar-refractivity contribution in [1.29, 1.82) is 0 Å². The molecule has 11 heteroatoms. The summed E-state index contributed by atoms with van der Waals surface area (Å²) in [5, 5.41) is 5.99. The van der Waals surface area contributed by atoms with Crippen LogP contribution in [0.3, 0.4) is 0 Å². The molecule has 1 N–H and O–H groups in total. The van der Waals surface area contributed by atoms with Crippen molar-refractivity contribution in [1.82, 2.24) is 14.6 Å². The molecular weight excluding hydrogens is 532 g/mol. The van der Waals surface area contributed by atoms with Crippen LogP contribution in [0.2, 0.25) is 5.02 Å². The maximum atomic E-state index is 14.0. The van der Waals surface area contributed by atoms with Gasteiger partial charge in [0, 0.05) is 43.0 Å². The van der Waals surface area contributed by atoms with Crippen LogP contribution in [0.25, 0.3) is 10.9 Å². The number of aromatic nitrogens is 2. The van der Waals surface area contributed by atoms with Crippen molar-refractivity contribution >= 4 is 39.9 Å². The van der Waals surface area contributed by atoms with Crippen LogP contribution in [-0.4, -0.2) is 60.6 Å². The van der Waals surface area contributed by atoms with Crippen molar-refractivity contribution in [2.24, 2.45) is 0 Å². The van der Waals surface area contributed by atoms with Gasteiger partial charge in [-0.05, 0) is 56.4 Å². The van der Waals surface area contributed by atoms with E-state index in [0.29, 0.717) is 57.7 Å². The molecule has 40 heavy (non-hydrogen) atoms. The number of piperazine rings is 1. The quantitative estimate of drug-likeness (QED) is 0.385. The third kappa shape index (κ3) is 4.91. The number of nitrogens with one attached hydrogen (secondary N) is 1. The first-order valence-corrected chi connectivity index (χ1v) is 13.5. The highest BCUT2D eigenvalue weighted by Crippen LogP contribution is 2.38. The number of fused-ring (bicyclic) bond motifs is 2. The smallest absolute Gasteiger partial charge is 0.326 e. The molecule has 0 aliphatic carbocycles. The van der Waals surface area contributed by atoms with Crippen LogP contribution >= 0.6 is 11.6 Å². The molecular formula is C29H29ClN6O4. The average Bonchev–Trinajstić information content (AvgIpc) is 3.42. The van der Waals surface area contributed by atoms with Crippen molar-refractivity contribution in [3.8, 4) is 11.5 Å². The number of likely N-dealkylation sites (N-methyl/N-ethyl adjacent to an activating group) is 1. The Bertz CT molecular complexity index is 1630. The molecule has 6 rings (SSSR count). The van der Waals surface area contributed by atoms with Crippen LogP contribution in [0.15, 0.2) is 71.5 Å². The molecule has 1 aromatic heterocycles. The standard InChI is InChI=1S/C29H29ClN6O4/c1-19(27-32-24-9-4-3-8-23(24)28(37)36(27)34-14-12-33(2)13-15-34)35(22-10-11-25-26(17-22)40-18-39-25)29(38)31-21-7-5-6-20(30)16-21/h3-11,16-17,19H,12-15,18H2,1-2H3,(H,31,38). The van der Waals surface area contributed by atoms with Crippen molar-refractivity contribution in [3.63, 3.8) is 0 Å². The van der Waals surface area contributed by atoms with Crippen LogP contribution in [-0.2, 0) is 0 Å². The first kappa shape index (κ1) is 26.0. The highest BCUT2D eigenvalue weighted by molar-refractivity contribution is 6.30. The maximum absolute atomic E-state index is 14.0. The van der Waals surface area contributed by atoms with Crippen molar-refractivity contribution in [2.45, 2.75) is 13.0 Å². The molecule has 0 bridgehead atoms. The number of carbonyl (C=O) groups is 1. The van der Waals surface area contributed by atoms with Gasteiger partial charge in [-0.1, -0.05) is 29.8 Å². The van der Waals surface area contributed by atoms with E-state index in [9.17, 15) is 9.59 Å². The minimum absolute atomic E-state index is 0.109. The summed E-state index contributed by atoms with van der Waals surface area (Å²) in [6, 6.07) is 18.5. The van der Waals surface area contributed by atoms with E-state index in [-0.39, 0.29) is 12.4 Å². The third-order valence-corrected chi connectivity index (χ3v) is 7.47. The number of hydrogen-bond acceptors (Lipinski definition) is 7. The molecule has 4 aromatic rings. The predicted molar refractivity (Wildman–Crippen MR) is 155 cm³/mol. The monoisotopic (exact) mass is 560 g/mol. The lowest BCUT2D eigenvalue weighted by molar-refractivity contribution is 0.174. The van der Waals surface area contributed by atoms with Crippen LogP contribution in [0.1, 0.15) is 18.8 Å². The number of hydrogen-bond donors (Lipinski definition) is 1. The Morgan fingerprint density at radius 2 is 1.77 bits per heavy atom. The lowest BCUT2D eigenvalue weighted by atomic mass is 10.1. The van der Waals surface area contributed by atoms with Gasteiger partial charge in [0.15, 0.2) is 17.3 Å². The van der Waals surface area contributed by atoms with Gasteiger partial charge < -0.3 is 24.7 Å². The molecule has 3 heterocycles. The van der Waals surface area contributed by atoms with E-state index in [1.807, 2.05) is 30.1 Å². The summed E-state index contributed by atoms with van der Waals surface area (Å²) < 4.78 is 12.8. The Morgan fingerprint density at radius 3 is 2.58 bits per heavy atom. The fourth-order valence-corrected chi connectivity index (χ4v) is 5.29. The molecule has 206 valence electrons. The number of ether oxygens (including phenoxy) is 2. The zero-order valence-corrected chi connectivity index (χ0v) is 23.0. The van der Waals surface area contributed by atoms with E-state index in [1.54, 1.807) is 58.1 Å². The fraction of sp³-hybridized carbons (Fsp3) is 0.276. The largest absolute Gasteiger partial charge is 0.454 e. The molecule has 1 saturated heterocycles. The topological polar surface area (TPSA) is 92.2 Å². The van der Waals surface area contributed by atoms with Gasteiger partial charge in [0.1, 0.15) is 0 Å². The molecule has 1 fully saturated rings. The average molecular weight is 561 g/mol. The lowest BCUT2D eigenvalue weighted by Crippen LogP contribution is -2.55. The van der Waals surface area contributed by atoms with Gasteiger partial charge in [0.2, 0.25) is 6.79 Å². The van der Waals surface area contributed by atoms with Crippen molar-refractivity contribution < 1.29 is 14.3 Å². The van der Waals surface area contributed by atoms with Crippen molar-refractivity contribution in [2.75, 3.05) is 55.2 Å². The fourth-order valence-electron chi connectivity index (χ4n) is 5.10. The highest BCUT2D eigenvalue weighted by atomic mass is 35.5. The van der Waals surface area contributed by atoms with Gasteiger partial charge in [-0.3, -0.25) is 9.69 Å². The molecule has 1 atom stereocenters. The molecule has 10 nitrogen and oxygen atoms in total. The zero-order valence-electron chi connectivity index (χ0n) is 22.2. The first-order valence-electron chi connectivity index (χ1n) is 13.1. The van der Waals surface area contributed by atoms with E-state index >= 15 is 0 Å². The summed E-state index contributed by atoms with van der Waals surface area (Å²) in [7, 11) is 2.06. The van der Waals surface area contributed by atoms with Gasteiger partial charge in [0.25, 0.3) is 5.56 Å². The highest BCUT2D eigenvalue weighted by Gasteiger charge is 2.31. The Hall–Kier alpha value is -4.28. The van der Waals surface area contributed by atoms with Crippen LogP contribution in [0.5, 0.6) is 11.5 Å². The minimum Gasteiger partial charge on any atom is -0.454 e. The predicted octanol–water partition coefficient (Wildman–Crippen LogP) is 4.46.